The van der Waals surface area contributed by atoms with Crippen molar-refractivity contribution in [1.29, 1.82) is 0 Å². The van der Waals surface area contributed by atoms with Crippen LogP contribution in [-0.4, -0.2) is 29.1 Å². The molecule has 0 aliphatic heterocycles. The third-order valence-electron chi connectivity index (χ3n) is 3.84. The number of aryl methyl sites for hydroxylation is 1. The van der Waals surface area contributed by atoms with Crippen molar-refractivity contribution in [2.75, 3.05) is 0 Å². The normalized spacial score (nSPS) is 13.5. The summed E-state index contributed by atoms with van der Waals surface area (Å²) in [6, 6.07) is 5.34. The summed E-state index contributed by atoms with van der Waals surface area (Å²) in [6.07, 6.45) is -0.908. The van der Waals surface area contributed by atoms with Crippen LogP contribution < -0.4 is 15.7 Å². The molecular formula is C18H21NO6. The van der Waals surface area contributed by atoms with Crippen LogP contribution in [0.3, 0.4) is 0 Å². The summed E-state index contributed by atoms with van der Waals surface area (Å²) in [5.74, 6) is -1.54. The molecule has 134 valence electrons. The Bertz CT molecular complexity index is 854. The monoisotopic (exact) mass is 347 g/mol. The molecular weight excluding hydrogens is 326 g/mol. The molecule has 7 heteroatoms. The van der Waals surface area contributed by atoms with Gasteiger partial charge in [-0.2, -0.15) is 0 Å². The maximum atomic E-state index is 12.2. The van der Waals surface area contributed by atoms with E-state index in [1.165, 1.54) is 19.1 Å². The maximum Gasteiger partial charge on any atom is 0.336 e. The minimum absolute atomic E-state index is 0.258. The molecule has 1 aromatic heterocycles. The van der Waals surface area contributed by atoms with Gasteiger partial charge >= 0.3 is 11.6 Å². The van der Waals surface area contributed by atoms with Crippen LogP contribution in [0.2, 0.25) is 0 Å². The summed E-state index contributed by atoms with van der Waals surface area (Å²) in [5.41, 5.74) is 0.680. The van der Waals surface area contributed by atoms with E-state index < -0.39 is 29.6 Å². The topological polar surface area (TPSA) is 106 Å². The first kappa shape index (κ1) is 18.5. The lowest BCUT2D eigenvalue weighted by Gasteiger charge is -2.21. The molecule has 25 heavy (non-hydrogen) atoms. The number of hydrogen-bond acceptors (Lipinski definition) is 5. The first-order valence-electron chi connectivity index (χ1n) is 7.93. The lowest BCUT2D eigenvalue weighted by Crippen LogP contribution is -2.48. The number of aliphatic carboxylic acids is 1. The van der Waals surface area contributed by atoms with E-state index >= 15 is 0 Å². The Labute approximate surface area is 144 Å². The molecule has 0 saturated heterocycles. The summed E-state index contributed by atoms with van der Waals surface area (Å²) in [7, 11) is 0. The van der Waals surface area contributed by atoms with E-state index in [4.69, 9.17) is 14.3 Å². The van der Waals surface area contributed by atoms with Crippen molar-refractivity contribution in [3.05, 3.63) is 40.2 Å². The number of hydrogen-bond donors (Lipinski definition) is 2. The summed E-state index contributed by atoms with van der Waals surface area (Å²) in [6.45, 7) is 6.73. The zero-order valence-electron chi connectivity index (χ0n) is 14.5. The zero-order chi connectivity index (χ0) is 18.7. The van der Waals surface area contributed by atoms with Gasteiger partial charge < -0.3 is 19.6 Å². The molecule has 1 aromatic carbocycles. The Morgan fingerprint density at radius 1 is 1.20 bits per heavy atom. The first-order valence-corrected chi connectivity index (χ1v) is 7.93. The first-order chi connectivity index (χ1) is 11.7. The van der Waals surface area contributed by atoms with Crippen LogP contribution in [0.1, 0.15) is 26.3 Å². The van der Waals surface area contributed by atoms with Gasteiger partial charge in [0.2, 0.25) is 0 Å². The Kier molecular flexibility index (Phi) is 5.46. The summed E-state index contributed by atoms with van der Waals surface area (Å²) in [5, 5.41) is 12.4. The lowest BCUT2D eigenvalue weighted by molar-refractivity contribution is -0.144. The number of carboxylic acid groups (broad SMARTS) is 1. The molecule has 2 atom stereocenters. The molecule has 2 N–H and O–H groups in total. The van der Waals surface area contributed by atoms with E-state index in [9.17, 15) is 14.4 Å². The minimum atomic E-state index is -1.10. The van der Waals surface area contributed by atoms with Crippen LogP contribution >= 0.6 is 0 Å². The van der Waals surface area contributed by atoms with E-state index in [2.05, 4.69) is 5.32 Å². The third kappa shape index (κ3) is 4.37. The molecule has 0 aliphatic carbocycles. The van der Waals surface area contributed by atoms with Gasteiger partial charge in [-0.15, -0.1) is 0 Å². The molecule has 7 nitrogen and oxygen atoms in total. The second-order valence-corrected chi connectivity index (χ2v) is 6.24. The highest BCUT2D eigenvalue weighted by molar-refractivity contribution is 5.86. The fourth-order valence-electron chi connectivity index (χ4n) is 2.42. The van der Waals surface area contributed by atoms with Crippen LogP contribution in [0.5, 0.6) is 5.75 Å². The molecule has 0 bridgehead atoms. The van der Waals surface area contributed by atoms with Crippen molar-refractivity contribution in [2.24, 2.45) is 5.92 Å². The van der Waals surface area contributed by atoms with Gasteiger partial charge in [0.25, 0.3) is 5.91 Å². The predicted octanol–water partition coefficient (Wildman–Crippen LogP) is 2.09. The Balaban J connectivity index is 2.15. The van der Waals surface area contributed by atoms with Gasteiger partial charge in [-0.3, -0.25) is 4.79 Å². The van der Waals surface area contributed by atoms with E-state index in [0.29, 0.717) is 11.3 Å². The van der Waals surface area contributed by atoms with E-state index in [-0.39, 0.29) is 5.92 Å². The van der Waals surface area contributed by atoms with Gasteiger partial charge in [0.15, 0.2) is 6.10 Å². The number of nitrogens with one attached hydrogen (secondary N) is 1. The van der Waals surface area contributed by atoms with Gasteiger partial charge in [0, 0.05) is 17.5 Å². The molecule has 0 radical (unpaired) electrons. The van der Waals surface area contributed by atoms with Crippen molar-refractivity contribution >= 4 is 22.8 Å². The fourth-order valence-corrected chi connectivity index (χ4v) is 2.42. The molecule has 2 rings (SSSR count). The number of amides is 1. The number of fused-ring (bicyclic) bond motifs is 1. The molecule has 0 aliphatic rings. The van der Waals surface area contributed by atoms with Gasteiger partial charge in [-0.05, 0) is 37.5 Å². The van der Waals surface area contributed by atoms with Crippen molar-refractivity contribution in [1.82, 2.24) is 5.32 Å². The van der Waals surface area contributed by atoms with Crippen LogP contribution in [-0.2, 0) is 9.59 Å². The Hall–Kier alpha value is -2.83. The standard InChI is InChI=1S/C18H21NO6/c1-9(2)16(18(22)23)19-17(21)11(4)24-12-5-6-13-10(3)7-15(20)25-14(13)8-12/h5-9,11,16H,1-4H3,(H,19,21)(H,22,23)/t11?,16-/m0/s1. The SMILES string of the molecule is Cc1cc(=O)oc2cc(OC(C)C(=O)N[C@H](C(=O)O)C(C)C)ccc12. The quantitative estimate of drug-likeness (QED) is 0.775. The largest absolute Gasteiger partial charge is 0.481 e. The van der Waals surface area contributed by atoms with Crippen LogP contribution in [0.25, 0.3) is 11.0 Å². The maximum absolute atomic E-state index is 12.2. The van der Waals surface area contributed by atoms with E-state index in [0.717, 1.165) is 10.9 Å². The van der Waals surface area contributed by atoms with Crippen molar-refractivity contribution in [3.63, 3.8) is 0 Å². The van der Waals surface area contributed by atoms with Gasteiger partial charge in [-0.25, -0.2) is 9.59 Å². The Morgan fingerprint density at radius 3 is 2.48 bits per heavy atom. The predicted molar refractivity (Wildman–Crippen MR) is 91.7 cm³/mol. The number of ether oxygens (including phenoxy) is 1. The van der Waals surface area contributed by atoms with Crippen molar-refractivity contribution in [3.8, 4) is 5.75 Å². The molecule has 0 saturated carbocycles. The summed E-state index contributed by atoms with van der Waals surface area (Å²) >= 11 is 0. The van der Waals surface area contributed by atoms with Crippen LogP contribution in [0.4, 0.5) is 0 Å². The number of carboxylic acids is 1. The van der Waals surface area contributed by atoms with Crippen molar-refractivity contribution < 1.29 is 23.8 Å². The second-order valence-electron chi connectivity index (χ2n) is 6.24. The third-order valence-corrected chi connectivity index (χ3v) is 3.84. The fraction of sp³-hybridized carbons (Fsp3) is 0.389. The summed E-state index contributed by atoms with van der Waals surface area (Å²) < 4.78 is 10.7. The smallest absolute Gasteiger partial charge is 0.336 e. The highest BCUT2D eigenvalue weighted by Gasteiger charge is 2.26. The second kappa shape index (κ2) is 7.38. The van der Waals surface area contributed by atoms with E-state index in [1.807, 2.05) is 0 Å². The number of benzene rings is 1. The number of rotatable bonds is 6. The van der Waals surface area contributed by atoms with Gasteiger partial charge in [0.1, 0.15) is 17.4 Å². The van der Waals surface area contributed by atoms with Crippen LogP contribution in [0, 0.1) is 12.8 Å². The zero-order valence-corrected chi connectivity index (χ0v) is 14.5. The number of carbonyl (C=O) groups excluding carboxylic acids is 1. The van der Waals surface area contributed by atoms with E-state index in [1.54, 1.807) is 32.9 Å². The lowest BCUT2D eigenvalue weighted by atomic mass is 10.0. The molecule has 2 aromatic rings. The summed E-state index contributed by atoms with van der Waals surface area (Å²) in [4.78, 5) is 34.8. The molecule has 1 amide bonds. The molecule has 0 fully saturated rings. The average Bonchev–Trinajstić information content (AvgIpc) is 2.50. The minimum Gasteiger partial charge on any atom is -0.481 e. The van der Waals surface area contributed by atoms with Crippen LogP contribution in [0.15, 0.2) is 33.5 Å². The highest BCUT2D eigenvalue weighted by Crippen LogP contribution is 2.23. The average molecular weight is 347 g/mol. The molecule has 1 unspecified atom stereocenters. The Morgan fingerprint density at radius 2 is 1.88 bits per heavy atom. The highest BCUT2D eigenvalue weighted by atomic mass is 16.5. The molecule has 1 heterocycles. The number of carbonyl (C=O) groups is 2. The van der Waals surface area contributed by atoms with Gasteiger partial charge in [-0.1, -0.05) is 13.8 Å². The van der Waals surface area contributed by atoms with Crippen molar-refractivity contribution in [2.45, 2.75) is 39.8 Å². The molecule has 0 spiro atoms. The van der Waals surface area contributed by atoms with Gasteiger partial charge in [0.05, 0.1) is 0 Å².